The zero-order chi connectivity index (χ0) is 43.5. The molecule has 14 rings (SSSR count). The quantitative estimate of drug-likeness (QED) is 0.173. The number of hydrogen-bond donors (Lipinski definition) is 0. The highest BCUT2D eigenvalue weighted by molar-refractivity contribution is 6.26. The summed E-state index contributed by atoms with van der Waals surface area (Å²) in [6, 6.07) is 74.2. The van der Waals surface area contributed by atoms with E-state index in [9.17, 15) is 5.26 Å². The summed E-state index contributed by atoms with van der Waals surface area (Å²) in [5.41, 5.74) is 11.4. The number of nitrogens with zero attached hydrogens (tertiary/aromatic N) is 8. The molecule has 0 unspecified atom stereocenters. The Balaban J connectivity index is 1.12. The van der Waals surface area contributed by atoms with Gasteiger partial charge >= 0.3 is 0 Å². The summed E-state index contributed by atoms with van der Waals surface area (Å²) < 4.78 is 8.99. The van der Waals surface area contributed by atoms with Crippen molar-refractivity contribution in [1.29, 1.82) is 5.26 Å². The molecule has 0 atom stereocenters. The molecule has 0 aliphatic carbocycles. The van der Waals surface area contributed by atoms with Crippen LogP contribution in [0.15, 0.2) is 206 Å². The number of para-hydroxylation sites is 7. The van der Waals surface area contributed by atoms with E-state index in [2.05, 4.69) is 212 Å². The first-order valence-electron chi connectivity index (χ1n) is 22.0. The van der Waals surface area contributed by atoms with Gasteiger partial charge in [0.1, 0.15) is 0 Å². The molecule has 0 bridgehead atoms. The van der Waals surface area contributed by atoms with Crippen LogP contribution in [0.3, 0.4) is 0 Å². The summed E-state index contributed by atoms with van der Waals surface area (Å²) in [4.78, 5) is 16.3. The maximum absolute atomic E-state index is 10.6. The molecule has 306 valence electrons. The lowest BCUT2D eigenvalue weighted by atomic mass is 10.1. The van der Waals surface area contributed by atoms with E-state index in [1.54, 1.807) is 0 Å². The van der Waals surface area contributed by atoms with Crippen molar-refractivity contribution in [2.45, 2.75) is 0 Å². The SMILES string of the molecule is N#Cc1ccc(-n2c3ccccc3c3c2ccc2c4ccccc4n(-c4ccccc4)c23)c(-c2nc(-n3c4ccccc4c4ccccc43)nc(-n3c4ccccc4c4ccccc43)n2)c1. The summed E-state index contributed by atoms with van der Waals surface area (Å²) in [7, 11) is 0. The summed E-state index contributed by atoms with van der Waals surface area (Å²) in [6.07, 6.45) is 0. The van der Waals surface area contributed by atoms with Crippen LogP contribution in [-0.4, -0.2) is 33.2 Å². The van der Waals surface area contributed by atoms with Crippen molar-refractivity contribution in [2.75, 3.05) is 0 Å². The third kappa shape index (κ3) is 5.05. The Kier molecular flexibility index (Phi) is 7.59. The summed E-state index contributed by atoms with van der Waals surface area (Å²) in [5, 5.41) is 19.6. The fraction of sp³-hybridized carbons (Fsp3) is 0. The van der Waals surface area contributed by atoms with E-state index >= 15 is 0 Å². The van der Waals surface area contributed by atoms with Crippen LogP contribution in [0.5, 0.6) is 0 Å². The molecule has 0 fully saturated rings. The van der Waals surface area contributed by atoms with Crippen molar-refractivity contribution < 1.29 is 0 Å². The van der Waals surface area contributed by atoms with Crippen molar-refractivity contribution in [1.82, 2.24) is 33.2 Å². The van der Waals surface area contributed by atoms with Gasteiger partial charge in [-0.2, -0.15) is 20.2 Å². The van der Waals surface area contributed by atoms with Crippen LogP contribution in [0.4, 0.5) is 0 Å². The Bertz CT molecular complexity index is 4130. The van der Waals surface area contributed by atoms with E-state index in [1.165, 1.54) is 10.8 Å². The summed E-state index contributed by atoms with van der Waals surface area (Å²) in [5.74, 6) is 1.38. The van der Waals surface area contributed by atoms with Gasteiger partial charge < -0.3 is 9.13 Å². The van der Waals surface area contributed by atoms with Crippen molar-refractivity contribution in [3.8, 4) is 40.7 Å². The number of fused-ring (bicyclic) bond motifs is 13. The zero-order valence-corrected chi connectivity index (χ0v) is 35.2. The average Bonchev–Trinajstić information content (AvgIpc) is 4.11. The van der Waals surface area contributed by atoms with Gasteiger partial charge in [0.15, 0.2) is 5.82 Å². The molecule has 8 nitrogen and oxygen atoms in total. The fourth-order valence-corrected chi connectivity index (χ4v) is 10.5. The molecule has 0 aliphatic heterocycles. The van der Waals surface area contributed by atoms with Crippen molar-refractivity contribution in [3.63, 3.8) is 0 Å². The standard InChI is InChI=1S/C58H34N8/c59-35-36-30-32-52(64-51-29-15-9-23-44(51)54-53(64)33-31-43-42-22-8-10-24-46(42)63(55(43)54)37-16-2-1-3-17-37)45(34-36)56-60-57(65-47-25-11-4-18-38(47)39-19-5-12-26-48(39)65)62-58(61-56)66-49-27-13-6-20-40(49)41-21-7-14-28-50(41)66/h1-34H. The molecule has 8 heteroatoms. The summed E-state index contributed by atoms with van der Waals surface area (Å²) in [6.45, 7) is 0. The first-order chi connectivity index (χ1) is 32.7. The number of aromatic nitrogens is 7. The number of hydrogen-bond acceptors (Lipinski definition) is 4. The topological polar surface area (TPSA) is 82.2 Å². The molecule has 0 radical (unpaired) electrons. The zero-order valence-electron chi connectivity index (χ0n) is 35.2. The second-order valence-corrected chi connectivity index (χ2v) is 16.7. The van der Waals surface area contributed by atoms with E-state index in [0.717, 1.165) is 87.8 Å². The maximum atomic E-state index is 10.6. The predicted octanol–water partition coefficient (Wildman–Crippen LogP) is 13.8. The molecule has 0 amide bonds. The normalized spacial score (nSPS) is 11.9. The van der Waals surface area contributed by atoms with Crippen molar-refractivity contribution >= 4 is 87.2 Å². The van der Waals surface area contributed by atoms with Gasteiger partial charge in [-0.25, -0.2) is 0 Å². The number of rotatable bonds is 5. The second kappa shape index (κ2) is 13.8. The minimum atomic E-state index is 0.441. The first-order valence-corrected chi connectivity index (χ1v) is 22.0. The molecule has 0 saturated heterocycles. The Morgan fingerprint density at radius 1 is 0.348 bits per heavy atom. The van der Waals surface area contributed by atoms with Crippen molar-refractivity contribution in [3.05, 3.63) is 212 Å². The molecule has 0 spiro atoms. The first kappa shape index (κ1) is 36.2. The van der Waals surface area contributed by atoms with Gasteiger partial charge in [0, 0.05) is 54.3 Å². The molecule has 5 heterocycles. The van der Waals surface area contributed by atoms with Crippen LogP contribution in [0, 0.1) is 11.3 Å². The fourth-order valence-electron chi connectivity index (χ4n) is 10.5. The smallest absolute Gasteiger partial charge is 0.240 e. The van der Waals surface area contributed by atoms with Gasteiger partial charge in [0.2, 0.25) is 11.9 Å². The molecule has 0 N–H and O–H groups in total. The van der Waals surface area contributed by atoms with E-state index < -0.39 is 0 Å². The molecule has 5 aromatic heterocycles. The van der Waals surface area contributed by atoms with Crippen LogP contribution < -0.4 is 0 Å². The van der Waals surface area contributed by atoms with Crippen LogP contribution in [0.2, 0.25) is 0 Å². The average molecular weight is 843 g/mol. The van der Waals surface area contributed by atoms with Crippen LogP contribution in [0.1, 0.15) is 5.56 Å². The highest BCUT2D eigenvalue weighted by Gasteiger charge is 2.25. The van der Waals surface area contributed by atoms with E-state index in [0.29, 0.717) is 28.8 Å². The third-order valence-electron chi connectivity index (χ3n) is 13.3. The van der Waals surface area contributed by atoms with Gasteiger partial charge in [0.25, 0.3) is 0 Å². The predicted molar refractivity (Wildman–Crippen MR) is 267 cm³/mol. The van der Waals surface area contributed by atoms with Crippen LogP contribution in [0.25, 0.3) is 122 Å². The molecular weight excluding hydrogens is 809 g/mol. The lowest BCUT2D eigenvalue weighted by molar-refractivity contribution is 0.892. The van der Waals surface area contributed by atoms with Gasteiger partial charge in [0.05, 0.1) is 61.5 Å². The third-order valence-corrected chi connectivity index (χ3v) is 13.3. The number of nitriles is 1. The summed E-state index contributed by atoms with van der Waals surface area (Å²) >= 11 is 0. The van der Waals surface area contributed by atoms with Gasteiger partial charge in [-0.3, -0.25) is 9.13 Å². The largest absolute Gasteiger partial charge is 0.309 e. The Morgan fingerprint density at radius 3 is 1.30 bits per heavy atom. The minimum Gasteiger partial charge on any atom is -0.309 e. The van der Waals surface area contributed by atoms with Gasteiger partial charge in [-0.05, 0) is 72.8 Å². The Hall–Kier alpha value is -9.32. The molecule has 66 heavy (non-hydrogen) atoms. The molecule has 0 saturated carbocycles. The highest BCUT2D eigenvalue weighted by atomic mass is 15.3. The van der Waals surface area contributed by atoms with E-state index in [-0.39, 0.29) is 0 Å². The highest BCUT2D eigenvalue weighted by Crippen LogP contribution is 2.44. The van der Waals surface area contributed by atoms with E-state index in [4.69, 9.17) is 15.0 Å². The van der Waals surface area contributed by atoms with Crippen LogP contribution >= 0.6 is 0 Å². The van der Waals surface area contributed by atoms with E-state index in [1.807, 2.05) is 18.2 Å². The molecule has 0 aliphatic rings. The number of benzene rings is 9. The lowest BCUT2D eigenvalue weighted by Crippen LogP contribution is -2.11. The molecular formula is C58H34N8. The van der Waals surface area contributed by atoms with Crippen molar-refractivity contribution in [2.24, 2.45) is 0 Å². The lowest BCUT2D eigenvalue weighted by Gasteiger charge is -2.16. The molecule has 9 aromatic carbocycles. The van der Waals surface area contributed by atoms with Gasteiger partial charge in [-0.15, -0.1) is 0 Å². The maximum Gasteiger partial charge on any atom is 0.240 e. The van der Waals surface area contributed by atoms with Crippen LogP contribution in [-0.2, 0) is 0 Å². The molecule has 14 aromatic rings. The minimum absolute atomic E-state index is 0.441. The Morgan fingerprint density at radius 2 is 0.788 bits per heavy atom. The second-order valence-electron chi connectivity index (χ2n) is 16.7. The van der Waals surface area contributed by atoms with Gasteiger partial charge in [-0.1, -0.05) is 133 Å². The monoisotopic (exact) mass is 842 g/mol. The Labute approximate surface area is 376 Å².